The minimum Gasteiger partial charge on any atom is -0.496 e. The van der Waals surface area contributed by atoms with Crippen molar-refractivity contribution in [1.82, 2.24) is 0 Å². The molecule has 0 aliphatic rings. The van der Waals surface area contributed by atoms with E-state index in [-0.39, 0.29) is 5.16 Å². The number of methoxy groups -OCH3 is 1. The lowest BCUT2D eigenvalue weighted by Gasteiger charge is -2.34. The Morgan fingerprint density at radius 1 is 0.800 bits per heavy atom. The van der Waals surface area contributed by atoms with Crippen molar-refractivity contribution in [2.45, 2.75) is 92.1 Å². The largest absolute Gasteiger partial charge is 0.496 e. The van der Waals surface area contributed by atoms with E-state index in [0.717, 1.165) is 5.75 Å². The highest BCUT2D eigenvalue weighted by molar-refractivity contribution is 7.66. The molecule has 0 heterocycles. The van der Waals surface area contributed by atoms with Crippen LogP contribution >= 0.6 is 7.92 Å². The van der Waals surface area contributed by atoms with Gasteiger partial charge in [0.25, 0.3) is 0 Å². The monoisotopic (exact) mass is 426 g/mol. The van der Waals surface area contributed by atoms with Gasteiger partial charge in [-0.2, -0.15) is 0 Å². The van der Waals surface area contributed by atoms with E-state index in [4.69, 9.17) is 4.74 Å². The molecule has 0 saturated heterocycles. The van der Waals surface area contributed by atoms with E-state index in [0.29, 0.717) is 17.8 Å². The lowest BCUT2D eigenvalue weighted by atomic mass is 9.80. The van der Waals surface area contributed by atoms with Crippen molar-refractivity contribution in [2.24, 2.45) is 0 Å². The molecule has 1 atom stereocenters. The molecule has 0 aromatic heterocycles. The minimum absolute atomic E-state index is 0.207. The summed E-state index contributed by atoms with van der Waals surface area (Å²) in [7, 11) is 1.41. The second-order valence-electron chi connectivity index (χ2n) is 10.6. The summed E-state index contributed by atoms with van der Waals surface area (Å²) in [5, 5.41) is 1.63. The van der Waals surface area contributed by atoms with Crippen molar-refractivity contribution in [3.05, 3.63) is 46.5 Å². The SMILES string of the molecule is COc1ccc(C)c(-c2c(C(C)C)cc(C(C)C)cc2C(C)C)c1P(C)C(C)(C)C. The van der Waals surface area contributed by atoms with Crippen LogP contribution in [0.2, 0.25) is 0 Å². The Hall–Kier alpha value is -1.33. The summed E-state index contributed by atoms with van der Waals surface area (Å²) >= 11 is 0. The molecule has 30 heavy (non-hydrogen) atoms. The van der Waals surface area contributed by atoms with Gasteiger partial charge in [-0.15, -0.1) is 0 Å². The van der Waals surface area contributed by atoms with Crippen molar-refractivity contribution in [3.63, 3.8) is 0 Å². The fourth-order valence-electron chi connectivity index (χ4n) is 4.07. The Bertz CT molecular complexity index is 855. The molecule has 166 valence electrons. The van der Waals surface area contributed by atoms with E-state index in [1.165, 1.54) is 38.7 Å². The van der Waals surface area contributed by atoms with E-state index in [1.807, 2.05) is 7.11 Å². The molecule has 0 fully saturated rings. The van der Waals surface area contributed by atoms with Gasteiger partial charge in [0.05, 0.1) is 7.11 Å². The zero-order chi connectivity index (χ0) is 23.0. The molecule has 1 unspecified atom stereocenters. The van der Waals surface area contributed by atoms with Crippen LogP contribution in [0, 0.1) is 6.92 Å². The molecule has 0 bridgehead atoms. The average molecular weight is 427 g/mol. The first-order valence-electron chi connectivity index (χ1n) is 11.4. The molecule has 0 N–H and O–H groups in total. The van der Waals surface area contributed by atoms with Gasteiger partial charge in [-0.1, -0.05) is 88.4 Å². The van der Waals surface area contributed by atoms with Gasteiger partial charge in [0.1, 0.15) is 5.75 Å². The summed E-state index contributed by atoms with van der Waals surface area (Å²) in [6.07, 6.45) is 0. The van der Waals surface area contributed by atoms with Crippen LogP contribution in [0.25, 0.3) is 11.1 Å². The maximum atomic E-state index is 5.96. The number of hydrogen-bond donors (Lipinski definition) is 0. The lowest BCUT2D eigenvalue weighted by Crippen LogP contribution is -2.23. The number of hydrogen-bond acceptors (Lipinski definition) is 1. The predicted molar refractivity (Wildman–Crippen MR) is 138 cm³/mol. The Morgan fingerprint density at radius 3 is 1.67 bits per heavy atom. The zero-order valence-corrected chi connectivity index (χ0v) is 22.3. The Labute approximate surface area is 187 Å². The average Bonchev–Trinajstić information content (AvgIpc) is 2.65. The summed E-state index contributed by atoms with van der Waals surface area (Å²) in [5.74, 6) is 2.49. The summed E-state index contributed by atoms with van der Waals surface area (Å²) in [6.45, 7) is 25.7. The number of ether oxygens (including phenoxy) is 1. The van der Waals surface area contributed by atoms with E-state index in [9.17, 15) is 0 Å². The molecule has 0 saturated carbocycles. The Balaban J connectivity index is 3.07. The first-order chi connectivity index (χ1) is 13.8. The highest BCUT2D eigenvalue weighted by Gasteiger charge is 2.30. The van der Waals surface area contributed by atoms with Gasteiger partial charge in [0, 0.05) is 5.30 Å². The minimum atomic E-state index is -0.412. The van der Waals surface area contributed by atoms with Gasteiger partial charge < -0.3 is 4.74 Å². The molecule has 0 aliphatic heterocycles. The molecule has 0 aliphatic carbocycles. The Morgan fingerprint density at radius 2 is 1.30 bits per heavy atom. The van der Waals surface area contributed by atoms with Gasteiger partial charge in [0.15, 0.2) is 0 Å². The van der Waals surface area contributed by atoms with Crippen LogP contribution in [-0.4, -0.2) is 18.9 Å². The smallest absolute Gasteiger partial charge is 0.127 e. The fourth-order valence-corrected chi connectivity index (χ4v) is 5.86. The standard InChI is InChI=1S/C28H43OP/c1-17(2)21-15-22(18(3)4)26(23(16-21)19(5)6)25-20(7)13-14-24(29-11)27(25)30(12)28(8,9)10/h13-19H,1-12H3. The maximum Gasteiger partial charge on any atom is 0.127 e. The van der Waals surface area contributed by atoms with Crippen LogP contribution < -0.4 is 10.0 Å². The Kier molecular flexibility index (Phi) is 7.84. The molecule has 2 rings (SSSR count). The summed E-state index contributed by atoms with van der Waals surface area (Å²) in [6, 6.07) is 9.35. The van der Waals surface area contributed by atoms with Crippen molar-refractivity contribution >= 4 is 13.2 Å². The zero-order valence-electron chi connectivity index (χ0n) is 21.4. The molecular formula is C28H43OP. The first-order valence-corrected chi connectivity index (χ1v) is 13.2. The number of aryl methyl sites for hydroxylation is 1. The van der Waals surface area contributed by atoms with Crippen LogP contribution in [0.15, 0.2) is 24.3 Å². The third-order valence-electron chi connectivity index (χ3n) is 6.29. The normalized spacial score (nSPS) is 13.4. The predicted octanol–water partition coefficient (Wildman–Crippen LogP) is 8.58. The maximum absolute atomic E-state index is 5.96. The molecule has 2 aromatic carbocycles. The highest BCUT2D eigenvalue weighted by atomic mass is 31.1. The highest BCUT2D eigenvalue weighted by Crippen LogP contribution is 2.51. The van der Waals surface area contributed by atoms with E-state index in [2.05, 4.69) is 100 Å². The van der Waals surface area contributed by atoms with Gasteiger partial charge in [-0.25, -0.2) is 0 Å². The van der Waals surface area contributed by atoms with E-state index in [1.54, 1.807) is 0 Å². The summed E-state index contributed by atoms with van der Waals surface area (Å²) in [5.41, 5.74) is 8.61. The molecule has 2 aromatic rings. The molecule has 0 radical (unpaired) electrons. The third kappa shape index (κ3) is 4.94. The molecular weight excluding hydrogens is 383 g/mol. The molecule has 2 heteroatoms. The molecule has 0 amide bonds. The van der Waals surface area contributed by atoms with E-state index < -0.39 is 7.92 Å². The van der Waals surface area contributed by atoms with Gasteiger partial charge in [0.2, 0.25) is 0 Å². The van der Waals surface area contributed by atoms with Crippen LogP contribution in [0.5, 0.6) is 5.75 Å². The second kappa shape index (κ2) is 9.44. The van der Waals surface area contributed by atoms with Crippen molar-refractivity contribution in [1.29, 1.82) is 0 Å². The van der Waals surface area contributed by atoms with E-state index >= 15 is 0 Å². The fraction of sp³-hybridized carbons (Fsp3) is 0.571. The third-order valence-corrected chi connectivity index (χ3v) is 9.42. The lowest BCUT2D eigenvalue weighted by molar-refractivity contribution is 0.418. The van der Waals surface area contributed by atoms with Crippen LogP contribution in [-0.2, 0) is 0 Å². The van der Waals surface area contributed by atoms with Gasteiger partial charge in [-0.05, 0) is 75.9 Å². The quantitative estimate of drug-likeness (QED) is 0.420. The van der Waals surface area contributed by atoms with Crippen LogP contribution in [0.3, 0.4) is 0 Å². The van der Waals surface area contributed by atoms with Crippen molar-refractivity contribution in [2.75, 3.05) is 13.8 Å². The summed E-state index contributed by atoms with van der Waals surface area (Å²) < 4.78 is 5.96. The first kappa shape index (κ1) is 24.9. The topological polar surface area (TPSA) is 9.23 Å². The molecule has 1 nitrogen and oxygen atoms in total. The molecule has 0 spiro atoms. The number of rotatable bonds is 6. The van der Waals surface area contributed by atoms with Crippen molar-refractivity contribution in [3.8, 4) is 16.9 Å². The van der Waals surface area contributed by atoms with Crippen molar-refractivity contribution < 1.29 is 4.74 Å². The van der Waals surface area contributed by atoms with Gasteiger partial charge >= 0.3 is 0 Å². The number of benzene rings is 2. The second-order valence-corrected chi connectivity index (χ2v) is 13.5. The van der Waals surface area contributed by atoms with Crippen LogP contribution in [0.4, 0.5) is 0 Å². The van der Waals surface area contributed by atoms with Crippen LogP contribution in [0.1, 0.15) is 102 Å². The van der Waals surface area contributed by atoms with Gasteiger partial charge in [-0.3, -0.25) is 0 Å². The summed E-state index contributed by atoms with van der Waals surface area (Å²) in [4.78, 5) is 0.